The Hall–Kier alpha value is -1.08. The summed E-state index contributed by atoms with van der Waals surface area (Å²) in [6.45, 7) is 5.80. The van der Waals surface area contributed by atoms with Gasteiger partial charge in [-0.1, -0.05) is 0 Å². The molecule has 0 rings (SSSR count). The minimum atomic E-state index is -0.866. The molecule has 0 radical (unpaired) electrons. The summed E-state index contributed by atoms with van der Waals surface area (Å²) in [5.74, 6) is -0.866. The first-order valence-electron chi connectivity index (χ1n) is 4.26. The molecule has 0 aliphatic rings. The second-order valence-electron chi connectivity index (χ2n) is 3.76. The molecule has 0 aromatic heterocycles. The number of aliphatic carboxylic acids is 1. The molecule has 0 bridgehead atoms. The molecular weight excluding hydrogens is 168 g/mol. The van der Waals surface area contributed by atoms with Crippen LogP contribution in [-0.2, 0) is 4.79 Å². The Labute approximate surface area is 78.6 Å². The maximum absolute atomic E-state index is 10.4. The molecule has 4 nitrogen and oxygen atoms in total. The lowest BCUT2D eigenvalue weighted by Gasteiger charge is -2.16. The highest BCUT2D eigenvalue weighted by Gasteiger charge is 2.17. The molecule has 1 atom stereocenters. The van der Waals surface area contributed by atoms with Crippen LogP contribution in [-0.4, -0.2) is 23.7 Å². The van der Waals surface area contributed by atoms with Crippen LogP contribution in [0, 0.1) is 16.7 Å². The molecule has 0 aliphatic carbocycles. The number of carbonyl (C=O) groups is 1. The number of rotatable bonds is 5. The van der Waals surface area contributed by atoms with E-state index < -0.39 is 12.0 Å². The molecule has 1 unspecified atom stereocenters. The molecule has 0 aromatic rings. The van der Waals surface area contributed by atoms with Crippen LogP contribution in [0.15, 0.2) is 0 Å². The fourth-order valence-corrected chi connectivity index (χ4v) is 0.744. The van der Waals surface area contributed by atoms with Crippen molar-refractivity contribution in [3.63, 3.8) is 0 Å². The molecule has 0 aromatic carbocycles. The summed E-state index contributed by atoms with van der Waals surface area (Å²) < 4.78 is 0. The number of carboxylic acid groups (broad SMARTS) is 1. The molecule has 0 heterocycles. The van der Waals surface area contributed by atoms with Crippen molar-refractivity contribution in [3.8, 4) is 6.07 Å². The normalized spacial score (nSPS) is 13.4. The van der Waals surface area contributed by atoms with Gasteiger partial charge in [0.2, 0.25) is 0 Å². The van der Waals surface area contributed by atoms with Crippen LogP contribution in [0.2, 0.25) is 0 Å². The maximum atomic E-state index is 10.4. The Morgan fingerprint density at radius 3 is 2.62 bits per heavy atom. The van der Waals surface area contributed by atoms with Crippen molar-refractivity contribution >= 4 is 5.97 Å². The average Bonchev–Trinajstić information content (AvgIpc) is 2.04. The van der Waals surface area contributed by atoms with E-state index in [-0.39, 0.29) is 5.41 Å². The van der Waals surface area contributed by atoms with Gasteiger partial charge in [-0.2, -0.15) is 5.26 Å². The lowest BCUT2D eigenvalue weighted by Crippen LogP contribution is -2.35. The van der Waals surface area contributed by atoms with E-state index in [4.69, 9.17) is 10.4 Å². The number of nitrogens with zero attached hydrogens (tertiary/aromatic N) is 1. The molecule has 0 saturated carbocycles. The second-order valence-corrected chi connectivity index (χ2v) is 3.76. The van der Waals surface area contributed by atoms with Gasteiger partial charge in [0.1, 0.15) is 6.04 Å². The molecule has 0 amide bonds. The van der Waals surface area contributed by atoms with E-state index in [1.807, 2.05) is 13.8 Å². The SMILES string of the molecule is CC(NCCC(C)(C)C#N)C(=O)O. The molecule has 0 saturated heterocycles. The van der Waals surface area contributed by atoms with Gasteiger partial charge in [0.15, 0.2) is 0 Å². The van der Waals surface area contributed by atoms with Crippen LogP contribution in [0.25, 0.3) is 0 Å². The van der Waals surface area contributed by atoms with Gasteiger partial charge in [0.25, 0.3) is 0 Å². The Bertz CT molecular complexity index is 218. The molecule has 4 heteroatoms. The summed E-state index contributed by atoms with van der Waals surface area (Å²) in [6.07, 6.45) is 0.654. The van der Waals surface area contributed by atoms with Gasteiger partial charge < -0.3 is 10.4 Å². The van der Waals surface area contributed by atoms with E-state index in [0.29, 0.717) is 13.0 Å². The number of nitriles is 1. The lowest BCUT2D eigenvalue weighted by atomic mass is 9.91. The zero-order valence-electron chi connectivity index (χ0n) is 8.29. The molecule has 13 heavy (non-hydrogen) atoms. The van der Waals surface area contributed by atoms with Gasteiger partial charge in [-0.25, -0.2) is 0 Å². The molecule has 2 N–H and O–H groups in total. The molecule has 74 valence electrons. The van der Waals surface area contributed by atoms with Crippen molar-refractivity contribution < 1.29 is 9.90 Å². The number of nitrogens with one attached hydrogen (secondary N) is 1. The van der Waals surface area contributed by atoms with E-state index in [1.165, 1.54) is 0 Å². The predicted octanol–water partition coefficient (Wildman–Crippen LogP) is 0.989. The zero-order valence-corrected chi connectivity index (χ0v) is 8.29. The van der Waals surface area contributed by atoms with Crippen LogP contribution in [0.4, 0.5) is 0 Å². The quantitative estimate of drug-likeness (QED) is 0.668. The summed E-state index contributed by atoms with van der Waals surface area (Å²) in [7, 11) is 0. The predicted molar refractivity (Wildman–Crippen MR) is 49.1 cm³/mol. The molecule has 0 aliphatic heterocycles. The Balaban J connectivity index is 3.70. The Morgan fingerprint density at radius 1 is 1.69 bits per heavy atom. The largest absolute Gasteiger partial charge is 0.480 e. The molecular formula is C9H16N2O2. The van der Waals surface area contributed by atoms with E-state index in [2.05, 4.69) is 11.4 Å². The van der Waals surface area contributed by atoms with E-state index in [1.54, 1.807) is 6.92 Å². The summed E-state index contributed by atoms with van der Waals surface area (Å²) in [4.78, 5) is 10.4. The van der Waals surface area contributed by atoms with Crippen molar-refractivity contribution in [1.82, 2.24) is 5.32 Å². The van der Waals surface area contributed by atoms with Gasteiger partial charge in [-0.3, -0.25) is 4.79 Å². The summed E-state index contributed by atoms with van der Waals surface area (Å²) in [6, 6.07) is 1.61. The van der Waals surface area contributed by atoms with Crippen LogP contribution in [0.3, 0.4) is 0 Å². The smallest absolute Gasteiger partial charge is 0.320 e. The van der Waals surface area contributed by atoms with Crippen molar-refractivity contribution in [2.75, 3.05) is 6.54 Å². The molecule has 0 fully saturated rings. The van der Waals surface area contributed by atoms with Crippen LogP contribution >= 0.6 is 0 Å². The third-order valence-corrected chi connectivity index (χ3v) is 1.87. The summed E-state index contributed by atoms with van der Waals surface area (Å²) in [5, 5.41) is 20.0. The van der Waals surface area contributed by atoms with Crippen LogP contribution < -0.4 is 5.32 Å². The van der Waals surface area contributed by atoms with Gasteiger partial charge in [0.05, 0.1) is 11.5 Å². The highest BCUT2D eigenvalue weighted by Crippen LogP contribution is 2.17. The van der Waals surface area contributed by atoms with E-state index in [0.717, 1.165) is 0 Å². The van der Waals surface area contributed by atoms with Crippen molar-refractivity contribution in [2.24, 2.45) is 5.41 Å². The first kappa shape index (κ1) is 11.9. The lowest BCUT2D eigenvalue weighted by molar-refractivity contribution is -0.139. The minimum Gasteiger partial charge on any atom is -0.480 e. The fraction of sp³-hybridized carbons (Fsp3) is 0.778. The van der Waals surface area contributed by atoms with Gasteiger partial charge in [0, 0.05) is 0 Å². The van der Waals surface area contributed by atoms with Crippen LogP contribution in [0.1, 0.15) is 27.2 Å². The number of hydrogen-bond donors (Lipinski definition) is 2. The standard InChI is InChI=1S/C9H16N2O2/c1-7(8(12)13)11-5-4-9(2,3)6-10/h7,11H,4-5H2,1-3H3,(H,12,13). The van der Waals surface area contributed by atoms with Gasteiger partial charge >= 0.3 is 5.97 Å². The topological polar surface area (TPSA) is 73.1 Å². The zero-order chi connectivity index (χ0) is 10.5. The maximum Gasteiger partial charge on any atom is 0.320 e. The highest BCUT2D eigenvalue weighted by atomic mass is 16.4. The van der Waals surface area contributed by atoms with Crippen molar-refractivity contribution in [3.05, 3.63) is 0 Å². The van der Waals surface area contributed by atoms with Crippen molar-refractivity contribution in [1.29, 1.82) is 5.26 Å². The number of hydrogen-bond acceptors (Lipinski definition) is 3. The highest BCUT2D eigenvalue weighted by molar-refractivity contribution is 5.72. The minimum absolute atomic E-state index is 0.384. The van der Waals surface area contributed by atoms with Crippen LogP contribution in [0.5, 0.6) is 0 Å². The molecule has 0 spiro atoms. The Kier molecular flexibility index (Phi) is 4.43. The fourth-order valence-electron chi connectivity index (χ4n) is 0.744. The van der Waals surface area contributed by atoms with E-state index >= 15 is 0 Å². The third kappa shape index (κ3) is 5.21. The second kappa shape index (κ2) is 4.83. The van der Waals surface area contributed by atoms with Crippen molar-refractivity contribution in [2.45, 2.75) is 33.2 Å². The number of carboxylic acids is 1. The van der Waals surface area contributed by atoms with Gasteiger partial charge in [-0.05, 0) is 33.7 Å². The van der Waals surface area contributed by atoms with E-state index in [9.17, 15) is 4.79 Å². The monoisotopic (exact) mass is 184 g/mol. The summed E-state index contributed by atoms with van der Waals surface area (Å²) in [5.41, 5.74) is -0.384. The first-order valence-corrected chi connectivity index (χ1v) is 4.26. The first-order chi connectivity index (χ1) is 5.89. The third-order valence-electron chi connectivity index (χ3n) is 1.87. The average molecular weight is 184 g/mol. The summed E-state index contributed by atoms with van der Waals surface area (Å²) >= 11 is 0. The van der Waals surface area contributed by atoms with Gasteiger partial charge in [-0.15, -0.1) is 0 Å². The Morgan fingerprint density at radius 2 is 2.23 bits per heavy atom.